The summed E-state index contributed by atoms with van der Waals surface area (Å²) in [6, 6.07) is 6.67. The molecule has 1 fully saturated rings. The number of carboxylic acid groups (broad SMARTS) is 1. The van der Waals surface area contributed by atoms with Gasteiger partial charge in [-0.2, -0.15) is 0 Å². The quantitative estimate of drug-likeness (QED) is 0.815. The zero-order valence-corrected chi connectivity index (χ0v) is 9.07. The van der Waals surface area contributed by atoms with Crippen LogP contribution >= 0.6 is 0 Å². The summed E-state index contributed by atoms with van der Waals surface area (Å²) in [5.41, 5.74) is 2.92. The molecule has 1 atom stereocenters. The topological polar surface area (TPSA) is 49.3 Å². The van der Waals surface area contributed by atoms with E-state index in [9.17, 15) is 4.79 Å². The van der Waals surface area contributed by atoms with Crippen LogP contribution in [0.2, 0.25) is 0 Å². The van der Waals surface area contributed by atoms with Crippen LogP contribution in [0.1, 0.15) is 46.8 Å². The molecular weight excluding hydrogens is 202 g/mol. The second kappa shape index (κ2) is 3.59. The molecule has 2 N–H and O–H groups in total. The van der Waals surface area contributed by atoms with Crippen molar-refractivity contribution in [1.29, 1.82) is 0 Å². The molecule has 0 aliphatic heterocycles. The van der Waals surface area contributed by atoms with E-state index in [1.165, 1.54) is 24.0 Å². The van der Waals surface area contributed by atoms with Crippen molar-refractivity contribution in [2.45, 2.75) is 37.8 Å². The maximum atomic E-state index is 10.9. The van der Waals surface area contributed by atoms with Gasteiger partial charge in [-0.25, -0.2) is 4.79 Å². The number of aromatic carboxylic acids is 1. The molecule has 0 heterocycles. The van der Waals surface area contributed by atoms with E-state index >= 15 is 0 Å². The van der Waals surface area contributed by atoms with Gasteiger partial charge in [-0.1, -0.05) is 6.07 Å². The van der Waals surface area contributed by atoms with Crippen molar-refractivity contribution >= 4 is 5.97 Å². The van der Waals surface area contributed by atoms with Crippen LogP contribution in [0, 0.1) is 0 Å². The SMILES string of the molecule is O=C(O)c1ccc2c(c1)CCC2NC1CC1. The molecular formula is C13H15NO2. The van der Waals surface area contributed by atoms with Gasteiger partial charge in [-0.05, 0) is 48.9 Å². The Labute approximate surface area is 94.5 Å². The van der Waals surface area contributed by atoms with E-state index < -0.39 is 5.97 Å². The maximum absolute atomic E-state index is 10.9. The summed E-state index contributed by atoms with van der Waals surface area (Å²) in [5.74, 6) is -0.832. The maximum Gasteiger partial charge on any atom is 0.335 e. The molecule has 0 aromatic heterocycles. The molecule has 0 bridgehead atoms. The Bertz CT molecular complexity index is 438. The van der Waals surface area contributed by atoms with Crippen LogP contribution in [0.5, 0.6) is 0 Å². The fourth-order valence-corrected chi connectivity index (χ4v) is 2.46. The van der Waals surface area contributed by atoms with Gasteiger partial charge in [-0.15, -0.1) is 0 Å². The Morgan fingerprint density at radius 1 is 1.31 bits per heavy atom. The molecule has 1 aromatic rings. The highest BCUT2D eigenvalue weighted by Gasteiger charge is 2.29. The summed E-state index contributed by atoms with van der Waals surface area (Å²) < 4.78 is 0. The van der Waals surface area contributed by atoms with Crippen molar-refractivity contribution in [3.05, 3.63) is 34.9 Å². The van der Waals surface area contributed by atoms with E-state index in [1.807, 2.05) is 12.1 Å². The van der Waals surface area contributed by atoms with Crippen LogP contribution in [0.3, 0.4) is 0 Å². The van der Waals surface area contributed by atoms with Crippen molar-refractivity contribution in [3.63, 3.8) is 0 Å². The zero-order valence-electron chi connectivity index (χ0n) is 9.07. The van der Waals surface area contributed by atoms with E-state index in [-0.39, 0.29) is 0 Å². The van der Waals surface area contributed by atoms with E-state index in [4.69, 9.17) is 5.11 Å². The molecule has 2 aliphatic rings. The average Bonchev–Trinajstić information content (AvgIpc) is 2.99. The number of carbonyl (C=O) groups is 1. The summed E-state index contributed by atoms with van der Waals surface area (Å²) in [4.78, 5) is 10.9. The third-order valence-corrected chi connectivity index (χ3v) is 3.48. The van der Waals surface area contributed by atoms with Gasteiger partial charge in [0.25, 0.3) is 0 Å². The summed E-state index contributed by atoms with van der Waals surface area (Å²) in [6.45, 7) is 0. The highest BCUT2D eigenvalue weighted by molar-refractivity contribution is 5.88. The first kappa shape index (κ1) is 9.85. The lowest BCUT2D eigenvalue weighted by Crippen LogP contribution is -2.21. The minimum atomic E-state index is -0.832. The third-order valence-electron chi connectivity index (χ3n) is 3.48. The monoisotopic (exact) mass is 217 g/mol. The van der Waals surface area contributed by atoms with Crippen molar-refractivity contribution < 1.29 is 9.90 Å². The summed E-state index contributed by atoms with van der Waals surface area (Å²) in [6.07, 6.45) is 4.69. The first-order chi connectivity index (χ1) is 7.74. The Morgan fingerprint density at radius 3 is 2.81 bits per heavy atom. The molecule has 1 aromatic carbocycles. The molecule has 3 heteroatoms. The van der Waals surface area contributed by atoms with Crippen LogP contribution in [-0.2, 0) is 6.42 Å². The number of hydrogen-bond donors (Lipinski definition) is 2. The molecule has 3 rings (SSSR count). The van der Waals surface area contributed by atoms with Gasteiger partial charge in [0.1, 0.15) is 0 Å². The summed E-state index contributed by atoms with van der Waals surface area (Å²) >= 11 is 0. The molecule has 16 heavy (non-hydrogen) atoms. The van der Waals surface area contributed by atoms with Crippen LogP contribution in [0.15, 0.2) is 18.2 Å². The fraction of sp³-hybridized carbons (Fsp3) is 0.462. The number of rotatable bonds is 3. The number of nitrogens with one attached hydrogen (secondary N) is 1. The van der Waals surface area contributed by atoms with Gasteiger partial charge >= 0.3 is 5.97 Å². The van der Waals surface area contributed by atoms with Crippen molar-refractivity contribution in [2.75, 3.05) is 0 Å². The Balaban J connectivity index is 1.85. The third kappa shape index (κ3) is 1.71. The molecule has 3 nitrogen and oxygen atoms in total. The van der Waals surface area contributed by atoms with Gasteiger partial charge in [0.2, 0.25) is 0 Å². The van der Waals surface area contributed by atoms with Crippen LogP contribution in [-0.4, -0.2) is 17.1 Å². The molecule has 1 unspecified atom stereocenters. The number of hydrogen-bond acceptors (Lipinski definition) is 2. The minimum absolute atomic E-state index is 0.408. The molecule has 2 aliphatic carbocycles. The molecule has 0 saturated heterocycles. The molecule has 0 amide bonds. The Hall–Kier alpha value is -1.35. The molecule has 0 radical (unpaired) electrons. The average molecular weight is 217 g/mol. The van der Waals surface area contributed by atoms with E-state index in [0.717, 1.165) is 12.8 Å². The lowest BCUT2D eigenvalue weighted by atomic mass is 10.0. The van der Waals surface area contributed by atoms with Gasteiger partial charge < -0.3 is 10.4 Å². The second-order valence-corrected chi connectivity index (χ2v) is 4.75. The lowest BCUT2D eigenvalue weighted by molar-refractivity contribution is 0.0697. The number of fused-ring (bicyclic) bond motifs is 1. The highest BCUT2D eigenvalue weighted by atomic mass is 16.4. The molecule has 1 saturated carbocycles. The van der Waals surface area contributed by atoms with E-state index in [2.05, 4.69) is 5.32 Å². The fourth-order valence-electron chi connectivity index (χ4n) is 2.46. The van der Waals surface area contributed by atoms with Crippen molar-refractivity contribution in [2.24, 2.45) is 0 Å². The van der Waals surface area contributed by atoms with Gasteiger partial charge in [0, 0.05) is 12.1 Å². The summed E-state index contributed by atoms with van der Waals surface area (Å²) in [7, 11) is 0. The largest absolute Gasteiger partial charge is 0.478 e. The van der Waals surface area contributed by atoms with Crippen LogP contribution in [0.4, 0.5) is 0 Å². The zero-order chi connectivity index (χ0) is 11.1. The number of benzene rings is 1. The van der Waals surface area contributed by atoms with Gasteiger partial charge in [0.15, 0.2) is 0 Å². The Kier molecular flexibility index (Phi) is 2.21. The van der Waals surface area contributed by atoms with Crippen LogP contribution in [0.25, 0.3) is 0 Å². The first-order valence-electron chi connectivity index (χ1n) is 5.86. The normalized spacial score (nSPS) is 23.1. The predicted molar refractivity (Wildman–Crippen MR) is 60.6 cm³/mol. The van der Waals surface area contributed by atoms with Crippen molar-refractivity contribution in [3.8, 4) is 0 Å². The van der Waals surface area contributed by atoms with E-state index in [1.54, 1.807) is 6.07 Å². The van der Waals surface area contributed by atoms with Gasteiger partial charge in [-0.3, -0.25) is 0 Å². The second-order valence-electron chi connectivity index (χ2n) is 4.75. The highest BCUT2D eigenvalue weighted by Crippen LogP contribution is 2.34. The number of aryl methyl sites for hydroxylation is 1. The van der Waals surface area contributed by atoms with Crippen molar-refractivity contribution in [1.82, 2.24) is 5.32 Å². The smallest absolute Gasteiger partial charge is 0.335 e. The summed E-state index contributed by atoms with van der Waals surface area (Å²) in [5, 5.41) is 12.5. The Morgan fingerprint density at radius 2 is 2.12 bits per heavy atom. The minimum Gasteiger partial charge on any atom is -0.478 e. The van der Waals surface area contributed by atoms with E-state index in [0.29, 0.717) is 17.6 Å². The standard InChI is InChI=1S/C13H15NO2/c15-13(16)9-1-5-11-8(7-9)2-6-12(11)14-10-3-4-10/h1,5,7,10,12,14H,2-4,6H2,(H,15,16). The predicted octanol–water partition coefficient (Wildman–Crippen LogP) is 2.12. The van der Waals surface area contributed by atoms with Crippen LogP contribution < -0.4 is 5.32 Å². The van der Waals surface area contributed by atoms with Gasteiger partial charge in [0.05, 0.1) is 5.56 Å². The lowest BCUT2D eigenvalue weighted by Gasteiger charge is -2.13. The molecule has 84 valence electrons. The molecule has 0 spiro atoms. The first-order valence-corrected chi connectivity index (χ1v) is 5.86. The number of carboxylic acids is 1.